The molecule has 0 rings (SSSR count). The van der Waals surface area contributed by atoms with Crippen LogP contribution in [0.25, 0.3) is 0 Å². The molecule has 52 heavy (non-hydrogen) atoms. The predicted molar refractivity (Wildman–Crippen MR) is 210 cm³/mol. The molecule has 0 aliphatic rings. The molecular weight excluding hydrogens is 683 g/mol. The van der Waals surface area contributed by atoms with Gasteiger partial charge in [-0.2, -0.15) is 0 Å². The summed E-state index contributed by atoms with van der Waals surface area (Å²) < 4.78 is 26.3. The van der Waals surface area contributed by atoms with E-state index >= 15 is 0 Å². The molecule has 0 aliphatic heterocycles. The van der Waals surface area contributed by atoms with Crippen LogP contribution in [0.15, 0.2) is 12.2 Å². The summed E-state index contributed by atoms with van der Waals surface area (Å²) in [6.07, 6.45) is 29.6. The highest BCUT2D eigenvalue weighted by Gasteiger charge is 2.23. The molecule has 3 atom stereocenters. The first kappa shape index (κ1) is 50.7. The Morgan fingerprint density at radius 3 is 1.58 bits per heavy atom. The van der Waals surface area contributed by atoms with Crippen LogP contribution in [0.2, 0.25) is 0 Å². The van der Waals surface area contributed by atoms with Gasteiger partial charge in [0.15, 0.2) is 6.10 Å². The minimum atomic E-state index is -4.78. The van der Waals surface area contributed by atoms with Crippen molar-refractivity contribution in [2.45, 2.75) is 219 Å². The lowest BCUT2D eigenvalue weighted by Gasteiger charge is -2.18. The lowest BCUT2D eigenvalue weighted by molar-refractivity contribution is -0.161. The molecule has 11 heteroatoms. The molecule has 0 aromatic rings. The summed E-state index contributed by atoms with van der Waals surface area (Å²) in [7, 11) is -4.78. The molecular formula is C41H79O10P. The molecule has 0 aromatic heterocycles. The third-order valence-corrected chi connectivity index (χ3v) is 9.90. The Balaban J connectivity index is 4.01. The fourth-order valence-corrected chi connectivity index (χ4v) is 6.47. The normalized spacial score (nSPS) is 13.8. The number of ether oxygens (including phenoxy) is 2. The van der Waals surface area contributed by atoms with E-state index in [2.05, 4.69) is 31.4 Å². The number of phosphoric acid groups is 1. The number of phosphoric ester groups is 1. The zero-order chi connectivity index (χ0) is 38.7. The highest BCUT2D eigenvalue weighted by Crippen LogP contribution is 2.36. The maximum absolute atomic E-state index is 12.4. The Hall–Kier alpha value is -1.29. The molecule has 0 fully saturated rings. The molecule has 308 valence electrons. The van der Waals surface area contributed by atoms with Gasteiger partial charge in [0.1, 0.15) is 6.61 Å². The summed E-state index contributed by atoms with van der Waals surface area (Å²) in [4.78, 5) is 42.8. The van der Waals surface area contributed by atoms with E-state index in [4.69, 9.17) is 19.3 Å². The van der Waals surface area contributed by atoms with Crippen LogP contribution < -0.4 is 0 Å². The van der Waals surface area contributed by atoms with Crippen molar-refractivity contribution < 1.29 is 48.2 Å². The van der Waals surface area contributed by atoms with Gasteiger partial charge in [-0.3, -0.25) is 14.1 Å². The highest BCUT2D eigenvalue weighted by atomic mass is 31.2. The number of allylic oxidation sites excluding steroid dienone is 1. The van der Waals surface area contributed by atoms with Crippen molar-refractivity contribution in [3.05, 3.63) is 12.2 Å². The predicted octanol–water partition coefficient (Wildman–Crippen LogP) is 10.4. The number of hydrogen-bond acceptors (Lipinski definition) is 8. The third-order valence-electron chi connectivity index (χ3n) is 9.41. The minimum absolute atomic E-state index is 0.171. The molecule has 0 unspecified atom stereocenters. The van der Waals surface area contributed by atoms with Crippen LogP contribution in [0, 0.1) is 5.92 Å². The number of aliphatic hydroxyl groups is 2. The second-order valence-corrected chi connectivity index (χ2v) is 16.3. The Bertz CT molecular complexity index is 906. The summed E-state index contributed by atoms with van der Waals surface area (Å²) in [6, 6.07) is 0. The van der Waals surface area contributed by atoms with Crippen LogP contribution in [0.5, 0.6) is 0 Å². The second-order valence-electron chi connectivity index (χ2n) is 15.1. The van der Waals surface area contributed by atoms with E-state index in [1.54, 1.807) is 0 Å². The van der Waals surface area contributed by atoms with Crippen molar-refractivity contribution in [3.8, 4) is 0 Å². The van der Waals surface area contributed by atoms with Crippen LogP contribution in [0.1, 0.15) is 201 Å². The van der Waals surface area contributed by atoms with Gasteiger partial charge in [-0.25, -0.2) is 4.57 Å². The van der Waals surface area contributed by atoms with E-state index in [0.29, 0.717) is 25.7 Å². The summed E-state index contributed by atoms with van der Waals surface area (Å²) >= 11 is 0. The number of carbonyl (C=O) groups is 2. The Labute approximate surface area is 317 Å². The zero-order valence-corrected chi connectivity index (χ0v) is 34.3. The number of esters is 2. The smallest absolute Gasteiger partial charge is 0.462 e. The van der Waals surface area contributed by atoms with E-state index in [1.165, 1.54) is 83.5 Å². The maximum Gasteiger partial charge on any atom is 0.469 e. The van der Waals surface area contributed by atoms with Crippen molar-refractivity contribution in [2.75, 3.05) is 13.2 Å². The molecule has 0 radical (unpaired) electrons. The molecule has 0 saturated carbocycles. The molecule has 0 amide bonds. The SMILES string of the molecule is CCCCC/C=C\C[C@@H](O)[C@H](O)CCCCCCCC(=O)OC[C@H](COP(=O)(O)O)OC(=O)CCCCCCCCCCCCCCCCC(C)C. The fraction of sp³-hybridized carbons (Fsp3) is 0.902. The van der Waals surface area contributed by atoms with Gasteiger partial charge in [-0.15, -0.1) is 0 Å². The number of aliphatic hydroxyl groups excluding tert-OH is 2. The number of rotatable bonds is 38. The van der Waals surface area contributed by atoms with E-state index in [9.17, 15) is 24.4 Å². The Morgan fingerprint density at radius 1 is 0.596 bits per heavy atom. The van der Waals surface area contributed by atoms with Gasteiger partial charge in [0.05, 0.1) is 18.8 Å². The first-order chi connectivity index (χ1) is 24.9. The summed E-state index contributed by atoms with van der Waals surface area (Å²) in [6.45, 7) is 5.84. The van der Waals surface area contributed by atoms with Crippen LogP contribution in [-0.4, -0.2) is 63.5 Å². The average molecular weight is 763 g/mol. The largest absolute Gasteiger partial charge is 0.469 e. The molecule has 0 aromatic carbocycles. The van der Waals surface area contributed by atoms with Crippen molar-refractivity contribution >= 4 is 19.8 Å². The lowest BCUT2D eigenvalue weighted by Crippen LogP contribution is -2.29. The first-order valence-electron chi connectivity index (χ1n) is 21.0. The van der Waals surface area contributed by atoms with Gasteiger partial charge in [0, 0.05) is 12.8 Å². The van der Waals surface area contributed by atoms with E-state index in [-0.39, 0.29) is 19.4 Å². The van der Waals surface area contributed by atoms with Crippen molar-refractivity contribution in [1.82, 2.24) is 0 Å². The molecule has 0 saturated heterocycles. The van der Waals surface area contributed by atoms with E-state index < -0.39 is 44.7 Å². The standard InChI is InChI=1S/C41H79O10P/c1-4-5-6-7-20-25-30-38(42)39(43)31-26-21-18-23-27-32-40(44)49-34-37(35-50-52(46,47)48)51-41(45)33-28-22-17-15-13-11-9-8-10-12-14-16-19-24-29-36(2)3/h20,25,36-39,42-43H,4-19,21-24,26-35H2,1-3H3,(H2,46,47,48)/b25-20-/t37-,38-,39-/m1/s1. The van der Waals surface area contributed by atoms with Crippen molar-refractivity contribution in [2.24, 2.45) is 5.92 Å². The van der Waals surface area contributed by atoms with Crippen LogP contribution in [0.3, 0.4) is 0 Å². The molecule has 0 heterocycles. The van der Waals surface area contributed by atoms with Gasteiger partial charge in [0.2, 0.25) is 0 Å². The Kier molecular flexibility index (Phi) is 34.5. The zero-order valence-electron chi connectivity index (χ0n) is 33.4. The number of hydrogen-bond donors (Lipinski definition) is 4. The van der Waals surface area contributed by atoms with Crippen molar-refractivity contribution in [1.29, 1.82) is 0 Å². The molecule has 0 bridgehead atoms. The summed E-state index contributed by atoms with van der Waals surface area (Å²) in [5.41, 5.74) is 0. The van der Waals surface area contributed by atoms with Gasteiger partial charge < -0.3 is 29.5 Å². The monoisotopic (exact) mass is 763 g/mol. The summed E-state index contributed by atoms with van der Waals surface area (Å²) in [5.74, 6) is -0.167. The van der Waals surface area contributed by atoms with Gasteiger partial charge in [-0.1, -0.05) is 161 Å². The third kappa shape index (κ3) is 37.0. The molecule has 4 N–H and O–H groups in total. The minimum Gasteiger partial charge on any atom is -0.462 e. The maximum atomic E-state index is 12.4. The molecule has 0 aliphatic carbocycles. The number of carbonyl (C=O) groups excluding carboxylic acids is 2. The second kappa shape index (κ2) is 35.4. The van der Waals surface area contributed by atoms with Gasteiger partial charge >= 0.3 is 19.8 Å². The summed E-state index contributed by atoms with van der Waals surface area (Å²) in [5, 5.41) is 20.3. The number of unbranched alkanes of at least 4 members (excludes halogenated alkanes) is 20. The van der Waals surface area contributed by atoms with Crippen molar-refractivity contribution in [3.63, 3.8) is 0 Å². The quantitative estimate of drug-likeness (QED) is 0.0206. The average Bonchev–Trinajstić information content (AvgIpc) is 3.09. The molecule has 0 spiro atoms. The van der Waals surface area contributed by atoms with Crippen LogP contribution >= 0.6 is 7.82 Å². The topological polar surface area (TPSA) is 160 Å². The van der Waals surface area contributed by atoms with E-state index in [0.717, 1.165) is 63.7 Å². The van der Waals surface area contributed by atoms with Gasteiger partial charge in [-0.05, 0) is 44.4 Å². The van der Waals surface area contributed by atoms with Crippen LogP contribution in [0.4, 0.5) is 0 Å². The lowest BCUT2D eigenvalue weighted by atomic mass is 10.0. The first-order valence-corrected chi connectivity index (χ1v) is 22.5. The molecule has 10 nitrogen and oxygen atoms in total. The Morgan fingerprint density at radius 2 is 1.08 bits per heavy atom. The van der Waals surface area contributed by atoms with Crippen LogP contribution in [-0.2, 0) is 28.2 Å². The fourth-order valence-electron chi connectivity index (χ4n) is 6.11. The van der Waals surface area contributed by atoms with Gasteiger partial charge in [0.25, 0.3) is 0 Å². The highest BCUT2D eigenvalue weighted by molar-refractivity contribution is 7.46. The van der Waals surface area contributed by atoms with E-state index in [1.807, 2.05) is 6.08 Å².